The van der Waals surface area contributed by atoms with Crippen LogP contribution in [-0.2, 0) is 4.74 Å². The van der Waals surface area contributed by atoms with E-state index >= 15 is 0 Å². The van der Waals surface area contributed by atoms with Gasteiger partial charge in [0.1, 0.15) is 0 Å². The molecule has 0 aromatic heterocycles. The smallest absolute Gasteiger partial charge is 0.0721 e. The monoisotopic (exact) mass is 217 g/mol. The van der Waals surface area contributed by atoms with Crippen LogP contribution in [0.1, 0.15) is 13.3 Å². The maximum Gasteiger partial charge on any atom is 0.0721 e. The largest absolute Gasteiger partial charge is 0.378 e. The van der Waals surface area contributed by atoms with Crippen molar-refractivity contribution >= 4 is 11.8 Å². The molecule has 1 heterocycles. The Hall–Kier alpha value is 0.0100. The number of nitrogens with zero attached hydrogens (tertiary/aromatic N) is 1. The fourth-order valence-electron chi connectivity index (χ4n) is 1.03. The molecule has 0 aliphatic carbocycles. The fourth-order valence-corrected chi connectivity index (χ4v) is 2.37. The average molecular weight is 217 g/mol. The minimum Gasteiger partial charge on any atom is -0.378 e. The van der Waals surface area contributed by atoms with Crippen molar-refractivity contribution in [2.24, 2.45) is 0 Å². The van der Waals surface area contributed by atoms with Gasteiger partial charge in [-0.2, -0.15) is 11.8 Å². The fraction of sp³-hybridized carbons (Fsp3) is 0.818. The summed E-state index contributed by atoms with van der Waals surface area (Å²) >= 11 is 2.07. The summed E-state index contributed by atoms with van der Waals surface area (Å²) < 4.78 is 4.78. The summed E-state index contributed by atoms with van der Waals surface area (Å²) in [5.74, 6) is 2.70. The van der Waals surface area contributed by atoms with E-state index in [0.717, 1.165) is 6.04 Å². The standard InChI is InChI=1S/C6H13NS.C5H10O/c1-7(2)6-3-4-8-5-6;1-4-5(2)6-3/h6H,3-5H2,1-2H3;4-5H,1H2,2-3H3. The summed E-state index contributed by atoms with van der Waals surface area (Å²) in [4.78, 5) is 2.32. The summed E-state index contributed by atoms with van der Waals surface area (Å²) in [5, 5.41) is 0. The zero-order valence-electron chi connectivity index (χ0n) is 9.82. The van der Waals surface area contributed by atoms with Crippen LogP contribution in [-0.4, -0.2) is 49.8 Å². The van der Waals surface area contributed by atoms with Crippen LogP contribution >= 0.6 is 11.8 Å². The first-order valence-corrected chi connectivity index (χ1v) is 6.16. The zero-order chi connectivity index (χ0) is 11.0. The van der Waals surface area contributed by atoms with Gasteiger partial charge >= 0.3 is 0 Å². The molecule has 2 unspecified atom stereocenters. The van der Waals surface area contributed by atoms with Gasteiger partial charge < -0.3 is 9.64 Å². The van der Waals surface area contributed by atoms with Gasteiger partial charge in [0.05, 0.1) is 6.10 Å². The summed E-state index contributed by atoms with van der Waals surface area (Å²) in [6.45, 7) is 5.44. The van der Waals surface area contributed by atoms with E-state index in [9.17, 15) is 0 Å². The minimum atomic E-state index is 0.199. The van der Waals surface area contributed by atoms with Crippen molar-refractivity contribution in [3.8, 4) is 0 Å². The topological polar surface area (TPSA) is 12.5 Å². The Balaban J connectivity index is 0.000000255. The molecule has 0 aromatic carbocycles. The van der Waals surface area contributed by atoms with E-state index in [1.165, 1.54) is 17.9 Å². The van der Waals surface area contributed by atoms with Crippen molar-refractivity contribution in [2.75, 3.05) is 32.7 Å². The maximum atomic E-state index is 4.78. The summed E-state index contributed by atoms with van der Waals surface area (Å²) in [6.07, 6.45) is 3.34. The van der Waals surface area contributed by atoms with E-state index < -0.39 is 0 Å². The number of methoxy groups -OCH3 is 1. The molecule has 3 heteroatoms. The lowest BCUT2D eigenvalue weighted by atomic mass is 10.2. The van der Waals surface area contributed by atoms with Gasteiger partial charge in [0.25, 0.3) is 0 Å². The first-order chi connectivity index (χ1) is 6.61. The number of thioether (sulfide) groups is 1. The van der Waals surface area contributed by atoms with Crippen molar-refractivity contribution in [1.82, 2.24) is 4.90 Å². The SMILES string of the molecule is C=CC(C)OC.CN(C)C1CCSC1. The molecule has 0 aromatic rings. The van der Waals surface area contributed by atoms with Crippen LogP contribution in [0.4, 0.5) is 0 Å². The van der Waals surface area contributed by atoms with E-state index in [0.29, 0.717) is 0 Å². The molecule has 1 saturated heterocycles. The molecular weight excluding hydrogens is 194 g/mol. The van der Waals surface area contributed by atoms with Gasteiger partial charge in [0, 0.05) is 18.9 Å². The number of rotatable bonds is 3. The highest BCUT2D eigenvalue weighted by Gasteiger charge is 2.16. The second-order valence-electron chi connectivity index (χ2n) is 3.66. The van der Waals surface area contributed by atoms with Crippen LogP contribution in [0.3, 0.4) is 0 Å². The van der Waals surface area contributed by atoms with Crippen LogP contribution < -0.4 is 0 Å². The number of ether oxygens (including phenoxy) is 1. The molecule has 1 rings (SSSR count). The molecule has 0 spiro atoms. The van der Waals surface area contributed by atoms with Crippen molar-refractivity contribution in [1.29, 1.82) is 0 Å². The van der Waals surface area contributed by atoms with Crippen molar-refractivity contribution in [2.45, 2.75) is 25.5 Å². The van der Waals surface area contributed by atoms with Gasteiger partial charge in [0.15, 0.2) is 0 Å². The van der Waals surface area contributed by atoms with E-state index in [1.807, 2.05) is 6.92 Å². The molecule has 0 bridgehead atoms. The highest BCUT2D eigenvalue weighted by atomic mass is 32.2. The molecule has 14 heavy (non-hydrogen) atoms. The highest BCUT2D eigenvalue weighted by molar-refractivity contribution is 7.99. The second kappa shape index (κ2) is 8.33. The summed E-state index contributed by atoms with van der Waals surface area (Å²) in [6, 6.07) is 0.861. The molecule has 0 radical (unpaired) electrons. The number of hydrogen-bond donors (Lipinski definition) is 0. The lowest BCUT2D eigenvalue weighted by Gasteiger charge is -2.16. The van der Waals surface area contributed by atoms with Crippen LogP contribution in [0.25, 0.3) is 0 Å². The van der Waals surface area contributed by atoms with E-state index in [1.54, 1.807) is 13.2 Å². The highest BCUT2D eigenvalue weighted by Crippen LogP contribution is 2.19. The molecule has 1 fully saturated rings. The Morgan fingerprint density at radius 1 is 1.57 bits per heavy atom. The Bertz CT molecular complexity index is 144. The average Bonchev–Trinajstić information content (AvgIpc) is 2.70. The Morgan fingerprint density at radius 3 is 2.36 bits per heavy atom. The van der Waals surface area contributed by atoms with Gasteiger partial charge in [-0.25, -0.2) is 0 Å². The molecule has 84 valence electrons. The van der Waals surface area contributed by atoms with E-state index in [4.69, 9.17) is 4.74 Å². The van der Waals surface area contributed by atoms with Gasteiger partial charge in [-0.3, -0.25) is 0 Å². The molecule has 2 nitrogen and oxygen atoms in total. The van der Waals surface area contributed by atoms with Crippen molar-refractivity contribution in [3.05, 3.63) is 12.7 Å². The van der Waals surface area contributed by atoms with Crippen LogP contribution in [0.2, 0.25) is 0 Å². The van der Waals surface area contributed by atoms with Gasteiger partial charge in [0.2, 0.25) is 0 Å². The van der Waals surface area contributed by atoms with Crippen molar-refractivity contribution < 1.29 is 4.74 Å². The maximum absolute atomic E-state index is 4.78. The third-order valence-corrected chi connectivity index (χ3v) is 3.48. The second-order valence-corrected chi connectivity index (χ2v) is 4.81. The number of hydrogen-bond acceptors (Lipinski definition) is 3. The molecule has 1 aliphatic rings. The molecular formula is C11H23NOS. The van der Waals surface area contributed by atoms with Gasteiger partial charge in [-0.1, -0.05) is 6.08 Å². The predicted octanol–water partition coefficient (Wildman–Crippen LogP) is 2.26. The summed E-state index contributed by atoms with van der Waals surface area (Å²) in [5.41, 5.74) is 0. The predicted molar refractivity (Wildman–Crippen MR) is 66.1 cm³/mol. The molecule has 0 amide bonds. The Morgan fingerprint density at radius 2 is 2.21 bits per heavy atom. The summed E-state index contributed by atoms with van der Waals surface area (Å²) in [7, 11) is 5.99. The lowest BCUT2D eigenvalue weighted by molar-refractivity contribution is 0.156. The Labute approximate surface area is 92.7 Å². The van der Waals surface area contributed by atoms with Crippen LogP contribution in [0, 0.1) is 0 Å². The van der Waals surface area contributed by atoms with Crippen LogP contribution in [0.5, 0.6) is 0 Å². The molecule has 1 aliphatic heterocycles. The van der Waals surface area contributed by atoms with Crippen molar-refractivity contribution in [3.63, 3.8) is 0 Å². The molecule has 2 atom stereocenters. The minimum absolute atomic E-state index is 0.199. The molecule has 0 N–H and O–H groups in total. The van der Waals surface area contributed by atoms with Gasteiger partial charge in [-0.05, 0) is 33.2 Å². The van der Waals surface area contributed by atoms with Crippen LogP contribution in [0.15, 0.2) is 12.7 Å². The third-order valence-electron chi connectivity index (χ3n) is 2.34. The Kier molecular flexibility index (Phi) is 8.34. The van der Waals surface area contributed by atoms with E-state index in [2.05, 4.69) is 37.3 Å². The third kappa shape index (κ3) is 6.46. The zero-order valence-corrected chi connectivity index (χ0v) is 10.6. The normalized spacial score (nSPS) is 22.8. The van der Waals surface area contributed by atoms with Gasteiger partial charge in [-0.15, -0.1) is 6.58 Å². The molecule has 0 saturated carbocycles. The lowest BCUT2D eigenvalue weighted by Crippen LogP contribution is -2.26. The first kappa shape index (κ1) is 14.0. The first-order valence-electron chi connectivity index (χ1n) is 5.01. The van der Waals surface area contributed by atoms with E-state index in [-0.39, 0.29) is 6.10 Å². The quantitative estimate of drug-likeness (QED) is 0.673.